The first kappa shape index (κ1) is 24.1. The third kappa shape index (κ3) is 6.93. The summed E-state index contributed by atoms with van der Waals surface area (Å²) in [7, 11) is 0. The lowest BCUT2D eigenvalue weighted by Gasteiger charge is -2.40. The van der Waals surface area contributed by atoms with E-state index in [2.05, 4.69) is 72.5 Å². The molecule has 2 heterocycles. The molecule has 2 N–H and O–H groups in total. The molecule has 0 fully saturated rings. The van der Waals surface area contributed by atoms with Crippen LogP contribution in [0, 0.1) is 6.92 Å². The van der Waals surface area contributed by atoms with Gasteiger partial charge in [0.1, 0.15) is 0 Å². The van der Waals surface area contributed by atoms with E-state index in [0.29, 0.717) is 0 Å². The number of rotatable bonds is 7. The van der Waals surface area contributed by atoms with Gasteiger partial charge in [-0.25, -0.2) is 4.98 Å². The third-order valence-corrected chi connectivity index (χ3v) is 6.23. The van der Waals surface area contributed by atoms with Crippen LogP contribution in [0.2, 0.25) is 0 Å². The monoisotopic (exact) mass is 527 g/mol. The number of aliphatic imine (C=N–C) groups is 1. The Kier molecular flexibility index (Phi) is 9.36. The average molecular weight is 528 g/mol. The van der Waals surface area contributed by atoms with Gasteiger partial charge < -0.3 is 10.6 Å². The van der Waals surface area contributed by atoms with Crippen LogP contribution in [0.15, 0.2) is 35.5 Å². The second kappa shape index (κ2) is 11.3. The summed E-state index contributed by atoms with van der Waals surface area (Å²) in [5.41, 5.74) is 2.96. The number of benzene rings is 1. The lowest BCUT2D eigenvalue weighted by molar-refractivity contribution is 0.111. The van der Waals surface area contributed by atoms with Crippen LogP contribution in [-0.2, 0) is 19.4 Å². The van der Waals surface area contributed by atoms with Crippen LogP contribution >= 0.6 is 35.3 Å². The first-order valence-corrected chi connectivity index (χ1v) is 11.0. The summed E-state index contributed by atoms with van der Waals surface area (Å²) in [5.74, 6) is 0.890. The summed E-state index contributed by atoms with van der Waals surface area (Å²) < 4.78 is 0. The van der Waals surface area contributed by atoms with Gasteiger partial charge in [-0.2, -0.15) is 0 Å². The molecule has 3 rings (SSSR count). The standard InChI is InChI=1S/C22H33N5S.HI/c1-5-23-21(24-12-10-20-25-14-17(2)28-20)26-16-22(3,4)27-13-11-18-8-6-7-9-19(18)15-27;/h6-9,14H,5,10-13,15-16H2,1-4H3,(H2,23,24,26);1H. The number of thiazole rings is 1. The summed E-state index contributed by atoms with van der Waals surface area (Å²) in [5, 5.41) is 8.00. The minimum absolute atomic E-state index is 0. The highest BCUT2D eigenvalue weighted by Gasteiger charge is 2.29. The van der Waals surface area contributed by atoms with Crippen LogP contribution in [0.3, 0.4) is 0 Å². The molecule has 1 aliphatic heterocycles. The van der Waals surface area contributed by atoms with E-state index in [1.54, 1.807) is 11.3 Å². The molecule has 0 aliphatic carbocycles. The van der Waals surface area contributed by atoms with Crippen LogP contribution in [0.25, 0.3) is 0 Å². The predicted octanol–water partition coefficient (Wildman–Crippen LogP) is 4.00. The van der Waals surface area contributed by atoms with Gasteiger partial charge in [0.25, 0.3) is 0 Å². The van der Waals surface area contributed by atoms with Gasteiger partial charge in [-0.1, -0.05) is 24.3 Å². The number of nitrogens with one attached hydrogen (secondary N) is 2. The van der Waals surface area contributed by atoms with Crippen molar-refractivity contribution in [2.75, 3.05) is 26.2 Å². The van der Waals surface area contributed by atoms with E-state index in [4.69, 9.17) is 4.99 Å². The molecule has 7 heteroatoms. The maximum absolute atomic E-state index is 4.89. The fraction of sp³-hybridized carbons (Fsp3) is 0.545. The molecule has 2 aromatic rings. The van der Waals surface area contributed by atoms with Gasteiger partial charge in [0, 0.05) is 49.2 Å². The molecule has 0 radical (unpaired) electrons. The molecular weight excluding hydrogens is 493 g/mol. The molecule has 0 saturated carbocycles. The van der Waals surface area contributed by atoms with Crippen LogP contribution in [0.1, 0.15) is 41.8 Å². The predicted molar refractivity (Wildman–Crippen MR) is 135 cm³/mol. The van der Waals surface area contributed by atoms with Crippen molar-refractivity contribution in [2.24, 2.45) is 4.99 Å². The fourth-order valence-corrected chi connectivity index (χ4v) is 4.32. The smallest absolute Gasteiger partial charge is 0.191 e. The molecule has 1 aromatic heterocycles. The Morgan fingerprint density at radius 3 is 2.69 bits per heavy atom. The fourth-order valence-electron chi connectivity index (χ4n) is 3.53. The summed E-state index contributed by atoms with van der Waals surface area (Å²) in [4.78, 5) is 13.1. The Bertz CT molecular complexity index is 802. The van der Waals surface area contributed by atoms with Crippen molar-refractivity contribution in [2.45, 2.75) is 52.6 Å². The lowest BCUT2D eigenvalue weighted by Crippen LogP contribution is -2.49. The molecule has 5 nitrogen and oxygen atoms in total. The molecule has 160 valence electrons. The minimum atomic E-state index is 0. The summed E-state index contributed by atoms with van der Waals surface area (Å²) in [6.45, 7) is 13.4. The van der Waals surface area contributed by atoms with Crippen molar-refractivity contribution in [1.29, 1.82) is 0 Å². The van der Waals surface area contributed by atoms with Crippen LogP contribution in [0.4, 0.5) is 0 Å². The molecule has 1 aliphatic rings. The Labute approximate surface area is 196 Å². The number of fused-ring (bicyclic) bond motifs is 1. The summed E-state index contributed by atoms with van der Waals surface area (Å²) in [6.07, 6.45) is 3.99. The van der Waals surface area contributed by atoms with E-state index in [-0.39, 0.29) is 29.5 Å². The van der Waals surface area contributed by atoms with Crippen molar-refractivity contribution in [3.05, 3.63) is 51.5 Å². The normalized spacial score (nSPS) is 14.8. The third-order valence-electron chi connectivity index (χ3n) is 5.26. The highest BCUT2D eigenvalue weighted by Crippen LogP contribution is 2.25. The highest BCUT2D eigenvalue weighted by atomic mass is 127. The van der Waals surface area contributed by atoms with Crippen molar-refractivity contribution in [3.8, 4) is 0 Å². The van der Waals surface area contributed by atoms with E-state index in [9.17, 15) is 0 Å². The number of hydrogen-bond donors (Lipinski definition) is 2. The van der Waals surface area contributed by atoms with E-state index in [0.717, 1.165) is 51.5 Å². The van der Waals surface area contributed by atoms with Crippen molar-refractivity contribution < 1.29 is 0 Å². The maximum Gasteiger partial charge on any atom is 0.191 e. The average Bonchev–Trinajstić information content (AvgIpc) is 3.11. The molecule has 0 saturated heterocycles. The molecule has 0 amide bonds. The van der Waals surface area contributed by atoms with Gasteiger partial charge in [0.05, 0.1) is 11.6 Å². The largest absolute Gasteiger partial charge is 0.357 e. The lowest BCUT2D eigenvalue weighted by atomic mass is 9.94. The second-order valence-electron chi connectivity index (χ2n) is 7.99. The van der Waals surface area contributed by atoms with Gasteiger partial charge in [0.2, 0.25) is 0 Å². The SMILES string of the molecule is CCNC(=NCC(C)(C)N1CCc2ccccc2C1)NCCc1ncc(C)s1.I. The second-order valence-corrected chi connectivity index (χ2v) is 9.31. The molecule has 0 atom stereocenters. The number of aryl methyl sites for hydroxylation is 1. The van der Waals surface area contributed by atoms with Gasteiger partial charge in [-0.15, -0.1) is 35.3 Å². The molecule has 0 unspecified atom stereocenters. The van der Waals surface area contributed by atoms with Crippen LogP contribution in [0.5, 0.6) is 0 Å². The zero-order chi connectivity index (χ0) is 20.0. The Hall–Kier alpha value is -1.19. The van der Waals surface area contributed by atoms with Gasteiger partial charge in [-0.05, 0) is 45.2 Å². The Morgan fingerprint density at radius 1 is 1.24 bits per heavy atom. The van der Waals surface area contributed by atoms with E-state index in [1.807, 2.05) is 6.20 Å². The zero-order valence-electron chi connectivity index (χ0n) is 18.0. The first-order chi connectivity index (χ1) is 13.5. The molecule has 1 aromatic carbocycles. The highest BCUT2D eigenvalue weighted by molar-refractivity contribution is 14.0. The van der Waals surface area contributed by atoms with E-state index >= 15 is 0 Å². The number of hydrogen-bond acceptors (Lipinski definition) is 4. The molecular formula is C22H34IN5S. The summed E-state index contributed by atoms with van der Waals surface area (Å²) >= 11 is 1.77. The first-order valence-electron chi connectivity index (χ1n) is 10.2. The topological polar surface area (TPSA) is 52.6 Å². The summed E-state index contributed by atoms with van der Waals surface area (Å²) in [6, 6.07) is 8.80. The van der Waals surface area contributed by atoms with Crippen molar-refractivity contribution >= 4 is 41.3 Å². The number of aromatic nitrogens is 1. The van der Waals surface area contributed by atoms with Gasteiger partial charge >= 0.3 is 0 Å². The van der Waals surface area contributed by atoms with E-state index < -0.39 is 0 Å². The Morgan fingerprint density at radius 2 is 2.00 bits per heavy atom. The van der Waals surface area contributed by atoms with Crippen molar-refractivity contribution in [1.82, 2.24) is 20.5 Å². The quantitative estimate of drug-likeness (QED) is 0.325. The van der Waals surface area contributed by atoms with Gasteiger partial charge in [-0.3, -0.25) is 9.89 Å². The van der Waals surface area contributed by atoms with Crippen LogP contribution in [-0.4, -0.2) is 47.6 Å². The molecule has 0 spiro atoms. The van der Waals surface area contributed by atoms with E-state index in [1.165, 1.54) is 21.0 Å². The van der Waals surface area contributed by atoms with Crippen LogP contribution < -0.4 is 10.6 Å². The number of nitrogens with zero attached hydrogens (tertiary/aromatic N) is 3. The Balaban J connectivity index is 0.00000300. The van der Waals surface area contributed by atoms with Crippen molar-refractivity contribution in [3.63, 3.8) is 0 Å². The minimum Gasteiger partial charge on any atom is -0.357 e. The molecule has 29 heavy (non-hydrogen) atoms. The molecule has 0 bridgehead atoms. The maximum atomic E-state index is 4.89. The number of halogens is 1. The van der Waals surface area contributed by atoms with Gasteiger partial charge in [0.15, 0.2) is 5.96 Å². The zero-order valence-corrected chi connectivity index (χ0v) is 21.1. The number of guanidine groups is 1.